The maximum absolute atomic E-state index is 11.4. The predicted molar refractivity (Wildman–Crippen MR) is 30.0 cm³/mol. The first-order chi connectivity index (χ1) is 6.55. The molecule has 0 spiro atoms. The van der Waals surface area contributed by atoms with Gasteiger partial charge in [-0.1, -0.05) is 0 Å². The molecule has 0 bridgehead atoms. The summed E-state index contributed by atoms with van der Waals surface area (Å²) in [5.74, 6) is -5.62. The lowest BCUT2D eigenvalue weighted by Gasteiger charge is -2.07. The Balaban J connectivity index is 3.92. The third-order valence-electron chi connectivity index (χ3n) is 0.773. The Morgan fingerprint density at radius 1 is 0.800 bits per heavy atom. The van der Waals surface area contributed by atoms with E-state index in [2.05, 4.69) is 9.31 Å². The molecule has 4 nitrogen and oxygen atoms in total. The van der Waals surface area contributed by atoms with Gasteiger partial charge in [0.05, 0.1) is 0 Å². The number of halogens is 6. The van der Waals surface area contributed by atoms with Gasteiger partial charge < -0.3 is 9.31 Å². The van der Waals surface area contributed by atoms with E-state index in [1.165, 1.54) is 0 Å². The van der Waals surface area contributed by atoms with Crippen LogP contribution in [0.5, 0.6) is 0 Å². The minimum Gasteiger partial charge on any atom is -0.493 e. The summed E-state index contributed by atoms with van der Waals surface area (Å²) in [4.78, 5) is 19.7. The van der Waals surface area contributed by atoms with Gasteiger partial charge in [-0.15, -0.1) is 0 Å². The van der Waals surface area contributed by atoms with Gasteiger partial charge in [0.1, 0.15) is 0 Å². The smallest absolute Gasteiger partial charge is 0.493 e. The van der Waals surface area contributed by atoms with Crippen LogP contribution in [0.1, 0.15) is 0 Å². The van der Waals surface area contributed by atoms with Crippen molar-refractivity contribution in [3.63, 3.8) is 0 Å². The van der Waals surface area contributed by atoms with Gasteiger partial charge in [0.2, 0.25) is 0 Å². The number of rotatable bonds is 2. The molecule has 0 saturated heterocycles. The molecule has 0 aromatic carbocycles. The average molecular weight is 237 g/mol. The summed E-state index contributed by atoms with van der Waals surface area (Å²) < 4.78 is 74.2. The van der Waals surface area contributed by atoms with Crippen LogP contribution in [0.2, 0.25) is 0 Å². The monoisotopic (exact) mass is 237 g/mol. The van der Waals surface area contributed by atoms with Gasteiger partial charge in [-0.25, -0.2) is 9.59 Å². The molecule has 0 saturated carbocycles. The van der Waals surface area contributed by atoms with E-state index >= 15 is 0 Å². The summed E-state index contributed by atoms with van der Waals surface area (Å²) in [5, 5.41) is 0. The van der Waals surface area contributed by atoms with E-state index in [0.29, 0.717) is 0 Å². The van der Waals surface area contributed by atoms with Crippen molar-refractivity contribution in [3.05, 3.63) is 0 Å². The molecule has 85 valence electrons. The Morgan fingerprint density at radius 2 is 1.07 bits per heavy atom. The molecule has 0 aliphatic heterocycles. The molecule has 0 atom stereocenters. The molecular weight excluding hydrogens is 237 g/mol. The topological polar surface area (TPSA) is 52.6 Å². The van der Waals surface area contributed by atoms with Gasteiger partial charge >= 0.3 is 32.0 Å². The number of carbonyl (C=O) groups is 2. The van der Waals surface area contributed by atoms with Crippen LogP contribution in [0.25, 0.3) is 0 Å². The molecule has 0 rings (SSSR count). The van der Waals surface area contributed by atoms with E-state index in [4.69, 9.17) is 0 Å². The standard InChI is InChI=1S/C4BF6O4/c6-3(7,8)1(12)14-5-15-2(13)4(9,10)11. The van der Waals surface area contributed by atoms with E-state index in [1.54, 1.807) is 0 Å². The van der Waals surface area contributed by atoms with Crippen molar-refractivity contribution in [3.8, 4) is 0 Å². The molecule has 1 radical (unpaired) electrons. The highest BCUT2D eigenvalue weighted by molar-refractivity contribution is 6.26. The number of alkyl halides is 6. The Labute approximate surface area is 78.4 Å². The van der Waals surface area contributed by atoms with E-state index in [1.807, 2.05) is 0 Å². The minimum atomic E-state index is -5.39. The quantitative estimate of drug-likeness (QED) is 0.524. The first-order valence-electron chi connectivity index (χ1n) is 2.92. The fraction of sp³-hybridized carbons (Fsp3) is 0.500. The lowest BCUT2D eigenvalue weighted by molar-refractivity contribution is -0.196. The average Bonchev–Trinajstić information content (AvgIpc) is 2.00. The molecule has 15 heavy (non-hydrogen) atoms. The first-order valence-corrected chi connectivity index (χ1v) is 2.92. The van der Waals surface area contributed by atoms with Crippen LogP contribution < -0.4 is 0 Å². The van der Waals surface area contributed by atoms with Gasteiger partial charge in [0.25, 0.3) is 0 Å². The molecule has 0 aliphatic carbocycles. The Hall–Kier alpha value is -1.42. The van der Waals surface area contributed by atoms with Gasteiger partial charge in [-0.05, 0) is 0 Å². The van der Waals surface area contributed by atoms with Crippen LogP contribution in [0, 0.1) is 0 Å². The molecule has 0 aromatic heterocycles. The zero-order valence-electron chi connectivity index (χ0n) is 6.48. The van der Waals surface area contributed by atoms with E-state index < -0.39 is 32.0 Å². The summed E-state index contributed by atoms with van der Waals surface area (Å²) in [6.07, 6.45) is -10.8. The van der Waals surface area contributed by atoms with E-state index in [0.717, 1.165) is 0 Å². The molecule has 0 fully saturated rings. The van der Waals surface area contributed by atoms with Crippen LogP contribution in [-0.2, 0) is 18.9 Å². The summed E-state index contributed by atoms with van der Waals surface area (Å²) in [5.41, 5.74) is 0. The SMILES string of the molecule is O=C(O[B]OC(=O)C(F)(F)F)C(F)(F)F. The second-order valence-corrected chi connectivity index (χ2v) is 1.90. The summed E-state index contributed by atoms with van der Waals surface area (Å²) >= 11 is 0. The Morgan fingerprint density at radius 3 is 1.27 bits per heavy atom. The lowest BCUT2D eigenvalue weighted by atomic mass is 10.4. The predicted octanol–water partition coefficient (Wildman–Crippen LogP) is 0.732. The van der Waals surface area contributed by atoms with Crippen LogP contribution in [0.4, 0.5) is 26.3 Å². The normalized spacial score (nSPS) is 11.9. The fourth-order valence-electron chi connectivity index (χ4n) is 0.245. The van der Waals surface area contributed by atoms with E-state index in [9.17, 15) is 35.9 Å². The van der Waals surface area contributed by atoms with Crippen LogP contribution >= 0.6 is 0 Å². The molecule has 0 amide bonds. The zero-order valence-corrected chi connectivity index (χ0v) is 6.48. The highest BCUT2D eigenvalue weighted by Gasteiger charge is 2.44. The second kappa shape index (κ2) is 4.40. The highest BCUT2D eigenvalue weighted by atomic mass is 19.4. The first kappa shape index (κ1) is 13.6. The van der Waals surface area contributed by atoms with Crippen molar-refractivity contribution >= 4 is 19.6 Å². The van der Waals surface area contributed by atoms with Crippen molar-refractivity contribution in [2.24, 2.45) is 0 Å². The van der Waals surface area contributed by atoms with Crippen LogP contribution in [0.3, 0.4) is 0 Å². The van der Waals surface area contributed by atoms with Crippen molar-refractivity contribution in [2.75, 3.05) is 0 Å². The largest absolute Gasteiger partial charge is 0.662 e. The highest BCUT2D eigenvalue weighted by Crippen LogP contribution is 2.17. The van der Waals surface area contributed by atoms with Crippen molar-refractivity contribution < 1.29 is 45.2 Å². The summed E-state index contributed by atoms with van der Waals surface area (Å²) in [7, 11) is -0.647. The number of hydrogen-bond acceptors (Lipinski definition) is 4. The van der Waals surface area contributed by atoms with Gasteiger partial charge in [-0.3, -0.25) is 0 Å². The zero-order chi connectivity index (χ0) is 12.3. The molecular formula is C4BF6O4. The summed E-state index contributed by atoms with van der Waals surface area (Å²) in [6.45, 7) is 0. The third-order valence-corrected chi connectivity index (χ3v) is 0.773. The minimum absolute atomic E-state index is 0.647. The fourth-order valence-corrected chi connectivity index (χ4v) is 0.245. The molecule has 0 aromatic rings. The van der Waals surface area contributed by atoms with Gasteiger partial charge in [-0.2, -0.15) is 26.3 Å². The van der Waals surface area contributed by atoms with Gasteiger partial charge in [0, 0.05) is 0 Å². The molecule has 0 N–H and O–H groups in total. The van der Waals surface area contributed by atoms with Crippen molar-refractivity contribution in [1.29, 1.82) is 0 Å². The Bertz CT molecular complexity index is 231. The third kappa shape index (κ3) is 5.13. The number of hydrogen-bond donors (Lipinski definition) is 0. The maximum atomic E-state index is 11.4. The maximum Gasteiger partial charge on any atom is 0.662 e. The lowest BCUT2D eigenvalue weighted by Crippen LogP contribution is -2.32. The van der Waals surface area contributed by atoms with Gasteiger partial charge in [0.15, 0.2) is 0 Å². The van der Waals surface area contributed by atoms with Crippen LogP contribution in [0.15, 0.2) is 0 Å². The second-order valence-electron chi connectivity index (χ2n) is 1.90. The molecule has 0 aliphatic rings. The van der Waals surface area contributed by atoms with Crippen LogP contribution in [-0.4, -0.2) is 32.0 Å². The molecule has 0 unspecified atom stereocenters. The molecule has 0 heterocycles. The molecule has 11 heteroatoms. The Kier molecular flexibility index (Phi) is 3.99. The summed E-state index contributed by atoms with van der Waals surface area (Å²) in [6, 6.07) is 0. The van der Waals surface area contributed by atoms with Crippen molar-refractivity contribution in [1.82, 2.24) is 0 Å². The van der Waals surface area contributed by atoms with Crippen molar-refractivity contribution in [2.45, 2.75) is 12.4 Å². The van der Waals surface area contributed by atoms with E-state index in [-0.39, 0.29) is 0 Å². The number of carbonyl (C=O) groups excluding carboxylic acids is 2.